The van der Waals surface area contributed by atoms with Crippen molar-refractivity contribution in [1.82, 2.24) is 9.27 Å². The van der Waals surface area contributed by atoms with Gasteiger partial charge in [0, 0.05) is 45.2 Å². The Labute approximate surface area is 128 Å². The molecule has 2 aromatic rings. The second-order valence-electron chi connectivity index (χ2n) is 5.40. The van der Waals surface area contributed by atoms with Crippen molar-refractivity contribution in [2.45, 2.75) is 6.10 Å². The third kappa shape index (κ3) is 3.35. The van der Waals surface area contributed by atoms with E-state index in [2.05, 4.69) is 38.4 Å². The molecule has 1 atom stereocenters. The molecule has 2 heterocycles. The second-order valence-corrected chi connectivity index (χ2v) is 6.20. The molecule has 114 valence electrons. The number of ether oxygens (including phenoxy) is 1. The number of hydrogen-bond donors (Lipinski definition) is 1. The Morgan fingerprint density at radius 2 is 2.05 bits per heavy atom. The number of nitrogens with zero attached hydrogens (tertiary/aromatic N) is 3. The molecule has 1 aromatic heterocycles. The summed E-state index contributed by atoms with van der Waals surface area (Å²) in [5.74, 6) is 1.10. The predicted octanol–water partition coefficient (Wildman–Crippen LogP) is 1.43. The molecule has 21 heavy (non-hydrogen) atoms. The molecule has 0 saturated carbocycles. The quantitative estimate of drug-likeness (QED) is 0.905. The maximum atomic E-state index is 9.80. The van der Waals surface area contributed by atoms with Gasteiger partial charge >= 0.3 is 0 Å². The van der Waals surface area contributed by atoms with Gasteiger partial charge in [0.15, 0.2) is 0 Å². The van der Waals surface area contributed by atoms with E-state index in [0.29, 0.717) is 13.2 Å². The van der Waals surface area contributed by atoms with E-state index in [4.69, 9.17) is 4.74 Å². The average Bonchev–Trinajstić information content (AvgIpc) is 2.92. The highest BCUT2D eigenvalue weighted by Crippen LogP contribution is 2.29. The summed E-state index contributed by atoms with van der Waals surface area (Å²) in [6.07, 6.45) is -0.401. The van der Waals surface area contributed by atoms with Gasteiger partial charge in [-0.1, -0.05) is 12.1 Å². The van der Waals surface area contributed by atoms with E-state index in [-0.39, 0.29) is 0 Å². The molecule has 0 spiro atoms. The highest BCUT2D eigenvalue weighted by Gasteiger charge is 2.21. The van der Waals surface area contributed by atoms with Crippen LogP contribution < -0.4 is 4.90 Å². The van der Waals surface area contributed by atoms with Crippen molar-refractivity contribution in [2.24, 2.45) is 0 Å². The Balaban J connectivity index is 1.61. The molecule has 3 rings (SSSR count). The molecule has 0 unspecified atom stereocenters. The number of β-amino-alcohol motifs (C(OH)–C–C–N with tert-alkyl or cyclic N) is 1. The Hall–Kier alpha value is -1.21. The van der Waals surface area contributed by atoms with E-state index < -0.39 is 6.10 Å². The first-order valence-corrected chi connectivity index (χ1v) is 8.04. The Morgan fingerprint density at radius 3 is 2.81 bits per heavy atom. The summed E-state index contributed by atoms with van der Waals surface area (Å²) >= 11 is 1.56. The molecule has 0 aliphatic carbocycles. The summed E-state index contributed by atoms with van der Waals surface area (Å²) in [4.78, 5) is 4.63. The average molecular weight is 307 g/mol. The molecule has 6 heteroatoms. The molecule has 5 nitrogen and oxygen atoms in total. The third-order valence-corrected chi connectivity index (χ3v) is 4.68. The molecule has 1 aliphatic heterocycles. The van der Waals surface area contributed by atoms with Crippen molar-refractivity contribution in [1.29, 1.82) is 0 Å². The van der Waals surface area contributed by atoms with Crippen molar-refractivity contribution in [3.8, 4) is 0 Å². The number of fused-ring (bicyclic) bond motifs is 1. The van der Waals surface area contributed by atoms with Crippen molar-refractivity contribution in [3.63, 3.8) is 0 Å². The van der Waals surface area contributed by atoms with Crippen LogP contribution in [0.5, 0.6) is 0 Å². The first kappa shape index (κ1) is 14.7. The van der Waals surface area contributed by atoms with Gasteiger partial charge in [0.2, 0.25) is 0 Å². The fraction of sp³-hybridized carbons (Fsp3) is 0.533. The number of methoxy groups -OCH3 is 1. The summed E-state index contributed by atoms with van der Waals surface area (Å²) in [6.45, 7) is 4.89. The van der Waals surface area contributed by atoms with Crippen LogP contribution in [0.3, 0.4) is 0 Å². The number of anilines is 1. The van der Waals surface area contributed by atoms with E-state index in [1.807, 2.05) is 0 Å². The molecule has 1 N–H and O–H groups in total. The fourth-order valence-corrected chi connectivity index (χ4v) is 3.58. The van der Waals surface area contributed by atoms with E-state index in [9.17, 15) is 5.11 Å². The zero-order valence-corrected chi connectivity index (χ0v) is 13.1. The zero-order valence-electron chi connectivity index (χ0n) is 12.2. The van der Waals surface area contributed by atoms with Crippen LogP contribution >= 0.6 is 11.5 Å². The van der Waals surface area contributed by atoms with E-state index in [0.717, 1.165) is 32.0 Å². The molecule has 1 fully saturated rings. The van der Waals surface area contributed by atoms with Crippen LogP contribution in [-0.4, -0.2) is 66.9 Å². The molecule has 0 amide bonds. The van der Waals surface area contributed by atoms with Crippen LogP contribution in [0, 0.1) is 0 Å². The molecular formula is C15H21N3O2S. The first-order valence-electron chi connectivity index (χ1n) is 7.26. The summed E-state index contributed by atoms with van der Waals surface area (Å²) in [5, 5.41) is 11.0. The predicted molar refractivity (Wildman–Crippen MR) is 86.2 cm³/mol. The maximum absolute atomic E-state index is 9.80. The topological polar surface area (TPSA) is 48.8 Å². The van der Waals surface area contributed by atoms with Gasteiger partial charge in [0.1, 0.15) is 5.82 Å². The largest absolute Gasteiger partial charge is 0.389 e. The standard InChI is InChI=1S/C15H21N3O2S/c1-20-11-12(19)10-17-6-8-18(9-7-17)15-13-4-2-3-5-14(13)21-16-15/h2-5,12,19H,6-11H2,1H3/t12-/m1/s1. The van der Waals surface area contributed by atoms with Crippen molar-refractivity contribution in [2.75, 3.05) is 51.3 Å². The van der Waals surface area contributed by atoms with E-state index in [1.54, 1.807) is 18.6 Å². The lowest BCUT2D eigenvalue weighted by molar-refractivity contribution is 0.0365. The van der Waals surface area contributed by atoms with E-state index in [1.165, 1.54) is 10.1 Å². The highest BCUT2D eigenvalue weighted by molar-refractivity contribution is 7.13. The molecule has 1 aliphatic rings. The molecular weight excluding hydrogens is 286 g/mol. The molecule has 0 bridgehead atoms. The van der Waals surface area contributed by atoms with Crippen molar-refractivity contribution in [3.05, 3.63) is 24.3 Å². The Bertz CT molecular complexity index is 581. The lowest BCUT2D eigenvalue weighted by Gasteiger charge is -2.35. The third-order valence-electron chi connectivity index (χ3n) is 3.86. The summed E-state index contributed by atoms with van der Waals surface area (Å²) in [6, 6.07) is 8.38. The number of piperazine rings is 1. The first-order chi connectivity index (χ1) is 10.3. The summed E-state index contributed by atoms with van der Waals surface area (Å²) < 4.78 is 10.8. The number of rotatable bonds is 5. The zero-order chi connectivity index (χ0) is 14.7. The minimum atomic E-state index is -0.401. The SMILES string of the molecule is COC[C@H](O)CN1CCN(c2nsc3ccccc23)CC1. The van der Waals surface area contributed by atoms with Gasteiger partial charge in [-0.15, -0.1) is 0 Å². The van der Waals surface area contributed by atoms with Crippen LogP contribution in [0.4, 0.5) is 5.82 Å². The smallest absolute Gasteiger partial charge is 0.150 e. The maximum Gasteiger partial charge on any atom is 0.150 e. The van der Waals surface area contributed by atoms with Crippen LogP contribution in [0.1, 0.15) is 0 Å². The Morgan fingerprint density at radius 1 is 1.29 bits per heavy atom. The number of aliphatic hydroxyl groups is 1. The molecule has 0 radical (unpaired) electrons. The number of aromatic nitrogens is 1. The van der Waals surface area contributed by atoms with Gasteiger partial charge < -0.3 is 14.7 Å². The minimum absolute atomic E-state index is 0.400. The number of hydrogen-bond acceptors (Lipinski definition) is 6. The summed E-state index contributed by atoms with van der Waals surface area (Å²) in [5.41, 5.74) is 0. The van der Waals surface area contributed by atoms with Gasteiger partial charge in [-0.05, 0) is 23.7 Å². The fourth-order valence-electron chi connectivity index (χ4n) is 2.79. The summed E-state index contributed by atoms with van der Waals surface area (Å²) in [7, 11) is 1.62. The second kappa shape index (κ2) is 6.70. The minimum Gasteiger partial charge on any atom is -0.389 e. The van der Waals surface area contributed by atoms with Crippen molar-refractivity contribution >= 4 is 27.4 Å². The number of benzene rings is 1. The number of aliphatic hydroxyl groups excluding tert-OH is 1. The monoisotopic (exact) mass is 307 g/mol. The van der Waals surface area contributed by atoms with Crippen LogP contribution in [0.2, 0.25) is 0 Å². The van der Waals surface area contributed by atoms with Crippen LogP contribution in [0.25, 0.3) is 10.1 Å². The normalized spacial score (nSPS) is 18.3. The van der Waals surface area contributed by atoms with Gasteiger partial charge in [0.25, 0.3) is 0 Å². The van der Waals surface area contributed by atoms with Crippen molar-refractivity contribution < 1.29 is 9.84 Å². The molecule has 1 aromatic carbocycles. The van der Waals surface area contributed by atoms with Crippen LogP contribution in [-0.2, 0) is 4.74 Å². The Kier molecular flexibility index (Phi) is 4.70. The molecule has 1 saturated heterocycles. The van der Waals surface area contributed by atoms with Gasteiger partial charge in [-0.25, -0.2) is 0 Å². The lowest BCUT2D eigenvalue weighted by atomic mass is 10.2. The lowest BCUT2D eigenvalue weighted by Crippen LogP contribution is -2.49. The highest BCUT2D eigenvalue weighted by atomic mass is 32.1. The van der Waals surface area contributed by atoms with Gasteiger partial charge in [-0.3, -0.25) is 4.90 Å². The van der Waals surface area contributed by atoms with Gasteiger partial charge in [0.05, 0.1) is 17.4 Å². The van der Waals surface area contributed by atoms with Gasteiger partial charge in [-0.2, -0.15) is 4.37 Å². The van der Waals surface area contributed by atoms with E-state index >= 15 is 0 Å². The van der Waals surface area contributed by atoms with Crippen LogP contribution in [0.15, 0.2) is 24.3 Å².